The molecule has 2 aromatic rings. The van der Waals surface area contributed by atoms with Crippen molar-refractivity contribution in [2.75, 3.05) is 11.9 Å². The lowest BCUT2D eigenvalue weighted by molar-refractivity contribution is -0.122. The summed E-state index contributed by atoms with van der Waals surface area (Å²) >= 11 is 0. The molecule has 1 aliphatic heterocycles. The smallest absolute Gasteiger partial charge is 0.229 e. The van der Waals surface area contributed by atoms with E-state index in [9.17, 15) is 14.0 Å². The zero-order chi connectivity index (χ0) is 23.1. The van der Waals surface area contributed by atoms with Crippen LogP contribution < -0.4 is 4.90 Å². The van der Waals surface area contributed by atoms with Gasteiger partial charge in [0.05, 0.1) is 11.4 Å². The van der Waals surface area contributed by atoms with E-state index < -0.39 is 0 Å². The first-order valence-corrected chi connectivity index (χ1v) is 11.0. The number of pyridine rings is 1. The summed E-state index contributed by atoms with van der Waals surface area (Å²) in [5, 5.41) is 7.97. The molecule has 0 bridgehead atoms. The Morgan fingerprint density at radius 3 is 2.88 bits per heavy atom. The van der Waals surface area contributed by atoms with Crippen LogP contribution in [0.3, 0.4) is 0 Å². The highest BCUT2D eigenvalue weighted by molar-refractivity contribution is 6.39. The van der Waals surface area contributed by atoms with Gasteiger partial charge in [-0.2, -0.15) is 0 Å². The number of fused-ring (bicyclic) bond motifs is 1. The molecule has 2 heterocycles. The quantitative estimate of drug-likeness (QED) is 0.479. The van der Waals surface area contributed by atoms with E-state index in [0.29, 0.717) is 31.2 Å². The maximum atomic E-state index is 14.0. The van der Waals surface area contributed by atoms with Crippen molar-refractivity contribution >= 4 is 29.4 Å². The number of aliphatic imine (C=N–C) groups is 1. The summed E-state index contributed by atoms with van der Waals surface area (Å²) in [5.74, 6) is -1.46. The number of Topliss-reactive ketones (excluding diaryl/α,β-unsaturated/α-hetero) is 1. The van der Waals surface area contributed by atoms with Crippen LogP contribution >= 0.6 is 0 Å². The number of hydrogen-bond donors (Lipinski definition) is 1. The fourth-order valence-corrected chi connectivity index (χ4v) is 4.07. The van der Waals surface area contributed by atoms with E-state index in [-0.39, 0.29) is 41.6 Å². The van der Waals surface area contributed by atoms with Crippen LogP contribution in [0.5, 0.6) is 0 Å². The summed E-state index contributed by atoms with van der Waals surface area (Å²) in [5.41, 5.74) is 2.26. The van der Waals surface area contributed by atoms with Gasteiger partial charge < -0.3 is 4.90 Å². The Bertz CT molecular complexity index is 1020. The van der Waals surface area contributed by atoms with Crippen LogP contribution in [-0.4, -0.2) is 35.8 Å². The molecule has 7 heteroatoms. The standard InChI is InChI=1S/C25H29FN4O2/c1-3-17(19-9-4-5-10-20(19)26)16-29-24(27)23(31)12-6-8-18-13-14-21-22(11-7-15-28-21)30(2)25(18)32/h4-5,7,9-11,15-18,27H,3,6,8,12-14H2,1-2H3/t17-,18+/m1/s1. The normalized spacial score (nSPS) is 17.2. The average molecular weight is 437 g/mol. The number of hydrogen-bond acceptors (Lipinski definition) is 4. The van der Waals surface area contributed by atoms with E-state index in [2.05, 4.69) is 9.98 Å². The fourth-order valence-electron chi connectivity index (χ4n) is 4.07. The number of carbonyl (C=O) groups is 2. The van der Waals surface area contributed by atoms with E-state index in [1.165, 1.54) is 12.3 Å². The molecule has 3 rings (SSSR count). The van der Waals surface area contributed by atoms with E-state index in [1.54, 1.807) is 36.3 Å². The second kappa shape index (κ2) is 10.9. The number of aryl methyl sites for hydroxylation is 1. The lowest BCUT2D eigenvalue weighted by Crippen LogP contribution is -2.31. The van der Waals surface area contributed by atoms with Gasteiger partial charge in [0.2, 0.25) is 5.91 Å². The summed E-state index contributed by atoms with van der Waals surface area (Å²) in [6.45, 7) is 1.91. The largest absolute Gasteiger partial charge is 0.313 e. The third kappa shape index (κ3) is 5.52. The summed E-state index contributed by atoms with van der Waals surface area (Å²) in [7, 11) is 1.76. The van der Waals surface area contributed by atoms with Crippen LogP contribution in [0, 0.1) is 17.1 Å². The maximum absolute atomic E-state index is 14.0. The number of ketones is 1. The van der Waals surface area contributed by atoms with Gasteiger partial charge in [-0.25, -0.2) is 9.38 Å². The number of amides is 1. The minimum Gasteiger partial charge on any atom is -0.313 e. The predicted molar refractivity (Wildman–Crippen MR) is 124 cm³/mol. The number of anilines is 1. The highest BCUT2D eigenvalue weighted by atomic mass is 19.1. The third-order valence-electron chi connectivity index (χ3n) is 5.99. The fraction of sp³-hybridized carbons (Fsp3) is 0.400. The second-order valence-electron chi connectivity index (χ2n) is 8.08. The van der Waals surface area contributed by atoms with Gasteiger partial charge in [0.15, 0.2) is 11.6 Å². The third-order valence-corrected chi connectivity index (χ3v) is 5.99. The number of aromatic nitrogens is 1. The van der Waals surface area contributed by atoms with Gasteiger partial charge in [-0.1, -0.05) is 25.1 Å². The average Bonchev–Trinajstić information content (AvgIpc) is 2.92. The van der Waals surface area contributed by atoms with Crippen LogP contribution in [0.25, 0.3) is 0 Å². The molecule has 0 spiro atoms. The van der Waals surface area contributed by atoms with Gasteiger partial charge in [-0.05, 0) is 55.9 Å². The number of nitrogens with zero attached hydrogens (tertiary/aromatic N) is 3. The Kier molecular flexibility index (Phi) is 7.98. The predicted octanol–water partition coefficient (Wildman–Crippen LogP) is 4.73. The van der Waals surface area contributed by atoms with Crippen LogP contribution in [0.2, 0.25) is 0 Å². The molecule has 32 heavy (non-hydrogen) atoms. The number of nitrogens with one attached hydrogen (secondary N) is 1. The van der Waals surface area contributed by atoms with Crippen molar-refractivity contribution in [1.29, 1.82) is 5.41 Å². The van der Waals surface area contributed by atoms with Crippen molar-refractivity contribution in [3.8, 4) is 0 Å². The van der Waals surface area contributed by atoms with Crippen molar-refractivity contribution in [2.24, 2.45) is 10.9 Å². The number of benzene rings is 1. The lowest BCUT2D eigenvalue weighted by Gasteiger charge is -2.20. The van der Waals surface area contributed by atoms with Gasteiger partial charge in [-0.3, -0.25) is 20.0 Å². The Hall–Kier alpha value is -3.22. The molecule has 1 amide bonds. The monoisotopic (exact) mass is 436 g/mol. The summed E-state index contributed by atoms with van der Waals surface area (Å²) in [6, 6.07) is 10.2. The molecule has 1 aromatic carbocycles. The van der Waals surface area contributed by atoms with Crippen LogP contribution in [0.1, 0.15) is 56.2 Å². The molecule has 0 saturated heterocycles. The minimum atomic E-state index is -0.371. The molecule has 0 unspecified atom stereocenters. The zero-order valence-corrected chi connectivity index (χ0v) is 18.6. The molecule has 6 nitrogen and oxygen atoms in total. The highest BCUT2D eigenvalue weighted by Gasteiger charge is 2.28. The maximum Gasteiger partial charge on any atom is 0.229 e. The molecule has 1 N–H and O–H groups in total. The highest BCUT2D eigenvalue weighted by Crippen LogP contribution is 2.29. The summed E-state index contributed by atoms with van der Waals surface area (Å²) < 4.78 is 14.0. The summed E-state index contributed by atoms with van der Waals surface area (Å²) in [6.07, 6.45) is 6.48. The lowest BCUT2D eigenvalue weighted by atomic mass is 9.95. The number of halogens is 1. The first-order valence-electron chi connectivity index (χ1n) is 11.0. The van der Waals surface area contributed by atoms with Gasteiger partial charge >= 0.3 is 0 Å². The van der Waals surface area contributed by atoms with Crippen LogP contribution in [0.15, 0.2) is 47.6 Å². The molecule has 0 saturated carbocycles. The number of carbonyl (C=O) groups excluding carboxylic acids is 2. The molecule has 168 valence electrons. The van der Waals surface area contributed by atoms with Crippen LogP contribution in [-0.2, 0) is 16.0 Å². The Labute approximate surface area is 188 Å². The van der Waals surface area contributed by atoms with Crippen molar-refractivity contribution in [2.45, 2.75) is 51.4 Å². The van der Waals surface area contributed by atoms with Gasteiger partial charge in [0.25, 0.3) is 0 Å². The molecule has 0 radical (unpaired) electrons. The Balaban J connectivity index is 1.52. The Morgan fingerprint density at radius 1 is 1.34 bits per heavy atom. The first-order chi connectivity index (χ1) is 15.4. The topological polar surface area (TPSA) is 86.5 Å². The van der Waals surface area contributed by atoms with Gasteiger partial charge in [0.1, 0.15) is 5.82 Å². The van der Waals surface area contributed by atoms with Crippen molar-refractivity contribution in [3.63, 3.8) is 0 Å². The summed E-state index contributed by atoms with van der Waals surface area (Å²) in [4.78, 5) is 35.2. The van der Waals surface area contributed by atoms with E-state index >= 15 is 0 Å². The van der Waals surface area contributed by atoms with E-state index in [1.807, 2.05) is 19.1 Å². The first kappa shape index (κ1) is 23.4. The molecule has 1 aliphatic rings. The number of amidine groups is 1. The minimum absolute atomic E-state index is 0.0352. The molecular formula is C25H29FN4O2. The van der Waals surface area contributed by atoms with E-state index in [0.717, 1.165) is 17.8 Å². The molecule has 0 aliphatic carbocycles. The Morgan fingerprint density at radius 2 is 2.12 bits per heavy atom. The second-order valence-corrected chi connectivity index (χ2v) is 8.08. The molecule has 2 atom stereocenters. The molecule has 1 aromatic heterocycles. The van der Waals surface area contributed by atoms with E-state index in [4.69, 9.17) is 5.41 Å². The van der Waals surface area contributed by atoms with Crippen molar-refractivity contribution < 1.29 is 14.0 Å². The van der Waals surface area contributed by atoms with Crippen LogP contribution in [0.4, 0.5) is 10.1 Å². The van der Waals surface area contributed by atoms with Gasteiger partial charge in [0, 0.05) is 37.7 Å². The molecule has 0 fully saturated rings. The SMILES string of the molecule is CC[C@H](C=NC(=N)C(=O)CCC[C@H]1CCc2ncccc2N(C)C1=O)c1ccccc1F. The van der Waals surface area contributed by atoms with Crippen molar-refractivity contribution in [1.82, 2.24) is 4.98 Å². The number of rotatable bonds is 8. The molecular weight excluding hydrogens is 407 g/mol. The zero-order valence-electron chi connectivity index (χ0n) is 18.6. The van der Waals surface area contributed by atoms with Gasteiger partial charge in [-0.15, -0.1) is 0 Å². The van der Waals surface area contributed by atoms with Crippen molar-refractivity contribution in [3.05, 3.63) is 59.7 Å².